The summed E-state index contributed by atoms with van der Waals surface area (Å²) in [4.78, 5) is 40.6. The normalized spacial score (nSPS) is 13.6. The summed E-state index contributed by atoms with van der Waals surface area (Å²) < 4.78 is 69.5. The number of aryl methyl sites for hydroxylation is 2. The molecule has 9 nitrogen and oxygen atoms in total. The highest BCUT2D eigenvalue weighted by Crippen LogP contribution is 2.30. The van der Waals surface area contributed by atoms with Crippen LogP contribution in [-0.2, 0) is 38.5 Å². The molecule has 0 aromatic heterocycles. The van der Waals surface area contributed by atoms with E-state index in [9.17, 15) is 40.7 Å². The van der Waals surface area contributed by atoms with Crippen LogP contribution in [0.15, 0.2) is 84.9 Å². The van der Waals surface area contributed by atoms with Crippen LogP contribution in [0, 0.1) is 25.5 Å². The minimum Gasteiger partial charge on any atom is -0.351 e. The van der Waals surface area contributed by atoms with Crippen molar-refractivity contribution in [3.8, 4) is 0 Å². The van der Waals surface area contributed by atoms with E-state index in [0.717, 1.165) is 12.1 Å². The summed E-state index contributed by atoms with van der Waals surface area (Å²) in [6.07, 6.45) is 0. The van der Waals surface area contributed by atoms with Crippen molar-refractivity contribution in [1.29, 1.82) is 0 Å². The van der Waals surface area contributed by atoms with Crippen LogP contribution >= 0.6 is 0 Å². The van der Waals surface area contributed by atoms with Crippen LogP contribution in [-0.4, -0.2) is 48.2 Å². The van der Waals surface area contributed by atoms with Crippen LogP contribution in [0.25, 0.3) is 0 Å². The van der Waals surface area contributed by atoms with Crippen LogP contribution in [0.3, 0.4) is 0 Å². The number of rotatable bonds is 14. The highest BCUT2D eigenvalue weighted by molar-refractivity contribution is 7.78. The van der Waals surface area contributed by atoms with Gasteiger partial charge in [0, 0.05) is 24.2 Å². The number of Topliss-reactive ketones (excluding diaryl/α,β-unsaturated/α-hetero) is 1. The van der Waals surface area contributed by atoms with Crippen LogP contribution in [0.5, 0.6) is 0 Å². The fourth-order valence-corrected chi connectivity index (χ4v) is 6.50. The molecule has 4 unspecified atom stereocenters. The van der Waals surface area contributed by atoms with E-state index >= 15 is 0 Å². The lowest BCUT2D eigenvalue weighted by Crippen LogP contribution is -2.38. The molecule has 13 heteroatoms. The Hall–Kier alpha value is -4.43. The number of amides is 2. The standard InChI is InChI=1S/C35H34F2N2O7S2/c1-21-13-23(9-11-27(21)19-47(43)44)31(17-38-34(41)25-5-3-7-29(36)15-25)33(40)32(18-39-35(42)26-6-4-8-30(37)16-26)24-10-12-28(20-48(45)46)22(2)14-24/h3-16,31-32H,17-20H2,1-2H3,(H,38,41)(H,39,42)(H,43,44)(H,45,46). The van der Waals surface area contributed by atoms with E-state index in [1.807, 2.05) is 0 Å². The van der Waals surface area contributed by atoms with Crippen molar-refractivity contribution in [2.24, 2.45) is 0 Å². The minimum absolute atomic E-state index is 0.0459. The summed E-state index contributed by atoms with van der Waals surface area (Å²) in [5, 5.41) is 5.42. The molecule has 0 fully saturated rings. The quantitative estimate of drug-likeness (QED) is 0.130. The van der Waals surface area contributed by atoms with Crippen molar-refractivity contribution in [1.82, 2.24) is 10.6 Å². The van der Waals surface area contributed by atoms with Gasteiger partial charge in [-0.25, -0.2) is 17.2 Å². The number of carbonyl (C=O) groups excluding carboxylic acids is 3. The molecule has 0 radical (unpaired) electrons. The van der Waals surface area contributed by atoms with Crippen LogP contribution < -0.4 is 10.6 Å². The van der Waals surface area contributed by atoms with Gasteiger partial charge in [-0.15, -0.1) is 0 Å². The Morgan fingerprint density at radius 2 is 1.04 bits per heavy atom. The Kier molecular flexibility index (Phi) is 12.6. The van der Waals surface area contributed by atoms with Gasteiger partial charge in [0.15, 0.2) is 27.9 Å². The summed E-state index contributed by atoms with van der Waals surface area (Å²) in [5.74, 6) is -5.13. The molecular weight excluding hydrogens is 663 g/mol. The van der Waals surface area contributed by atoms with Crippen molar-refractivity contribution in [3.63, 3.8) is 0 Å². The van der Waals surface area contributed by atoms with Gasteiger partial charge in [-0.2, -0.15) is 0 Å². The largest absolute Gasteiger partial charge is 0.351 e. The number of benzene rings is 4. The monoisotopic (exact) mass is 696 g/mol. The molecule has 0 saturated heterocycles. The zero-order valence-corrected chi connectivity index (χ0v) is 27.7. The van der Waals surface area contributed by atoms with Gasteiger partial charge < -0.3 is 19.7 Å². The van der Waals surface area contributed by atoms with Gasteiger partial charge in [0.2, 0.25) is 0 Å². The van der Waals surface area contributed by atoms with Gasteiger partial charge in [0.25, 0.3) is 11.8 Å². The van der Waals surface area contributed by atoms with Crippen molar-refractivity contribution in [2.45, 2.75) is 37.2 Å². The van der Waals surface area contributed by atoms with E-state index < -0.39 is 63.2 Å². The molecule has 48 heavy (non-hydrogen) atoms. The molecule has 4 rings (SSSR count). The number of halogens is 2. The average Bonchev–Trinajstić information content (AvgIpc) is 3.03. The lowest BCUT2D eigenvalue weighted by Gasteiger charge is -2.25. The molecule has 0 aliphatic heterocycles. The van der Waals surface area contributed by atoms with Gasteiger partial charge in [0.05, 0.1) is 23.3 Å². The average molecular weight is 697 g/mol. The first-order chi connectivity index (χ1) is 22.8. The SMILES string of the molecule is Cc1cc(C(CNC(=O)c2cccc(F)c2)C(=O)C(CNC(=O)c2cccc(F)c2)c2ccc(CS(=O)O)c(C)c2)ccc1CS(=O)O. The smallest absolute Gasteiger partial charge is 0.251 e. The zero-order valence-electron chi connectivity index (χ0n) is 26.1. The molecule has 4 atom stereocenters. The maximum Gasteiger partial charge on any atom is 0.251 e. The summed E-state index contributed by atoms with van der Waals surface area (Å²) in [7, 11) is 0. The predicted octanol–water partition coefficient (Wildman–Crippen LogP) is 5.32. The first kappa shape index (κ1) is 36.4. The Balaban J connectivity index is 1.74. The van der Waals surface area contributed by atoms with Crippen molar-refractivity contribution in [2.75, 3.05) is 13.1 Å². The minimum atomic E-state index is -2.10. The summed E-state index contributed by atoms with van der Waals surface area (Å²) >= 11 is -4.21. The number of carbonyl (C=O) groups is 3. The molecule has 2 amide bonds. The third kappa shape index (κ3) is 9.80. The highest BCUT2D eigenvalue weighted by atomic mass is 32.2. The van der Waals surface area contributed by atoms with Gasteiger partial charge in [0.1, 0.15) is 11.6 Å². The van der Waals surface area contributed by atoms with E-state index in [0.29, 0.717) is 33.4 Å². The fourth-order valence-electron chi connectivity index (χ4n) is 5.32. The molecule has 252 valence electrons. The molecule has 0 aliphatic carbocycles. The number of ketones is 1. The van der Waals surface area contributed by atoms with E-state index in [1.54, 1.807) is 50.2 Å². The number of hydrogen-bond donors (Lipinski definition) is 4. The van der Waals surface area contributed by atoms with Crippen molar-refractivity contribution < 1.29 is 40.7 Å². The molecule has 0 heterocycles. The second-order valence-electron chi connectivity index (χ2n) is 11.3. The number of hydrogen-bond acceptors (Lipinski definition) is 5. The van der Waals surface area contributed by atoms with E-state index in [2.05, 4.69) is 10.6 Å². The predicted molar refractivity (Wildman–Crippen MR) is 179 cm³/mol. The van der Waals surface area contributed by atoms with Gasteiger partial charge in [-0.1, -0.05) is 48.5 Å². The molecule has 4 N–H and O–H groups in total. The lowest BCUT2D eigenvalue weighted by atomic mass is 9.82. The zero-order chi connectivity index (χ0) is 35.0. The molecule has 0 aliphatic rings. The lowest BCUT2D eigenvalue weighted by molar-refractivity contribution is -0.121. The van der Waals surface area contributed by atoms with Crippen molar-refractivity contribution in [3.05, 3.63) is 141 Å². The second kappa shape index (κ2) is 16.6. The van der Waals surface area contributed by atoms with E-state index in [1.165, 1.54) is 36.4 Å². The third-order valence-electron chi connectivity index (χ3n) is 7.89. The van der Waals surface area contributed by atoms with Gasteiger partial charge in [-0.3, -0.25) is 14.4 Å². The van der Waals surface area contributed by atoms with Crippen LogP contribution in [0.4, 0.5) is 8.78 Å². The number of nitrogens with one attached hydrogen (secondary N) is 2. The molecule has 0 bridgehead atoms. The molecular formula is C35H34F2N2O7S2. The highest BCUT2D eigenvalue weighted by Gasteiger charge is 2.31. The molecule has 0 spiro atoms. The maximum atomic E-state index is 14.6. The summed E-state index contributed by atoms with van der Waals surface area (Å²) in [6, 6.07) is 20.0. The molecule has 4 aromatic rings. The first-order valence-corrected chi connectivity index (χ1v) is 17.3. The summed E-state index contributed by atoms with van der Waals surface area (Å²) in [6.45, 7) is 3.02. The Bertz CT molecular complexity index is 1750. The van der Waals surface area contributed by atoms with E-state index in [-0.39, 0.29) is 35.7 Å². The second-order valence-corrected chi connectivity index (χ2v) is 13.1. The van der Waals surface area contributed by atoms with Crippen LogP contribution in [0.2, 0.25) is 0 Å². The Morgan fingerprint density at radius 3 is 1.38 bits per heavy atom. The van der Waals surface area contributed by atoms with Gasteiger partial charge >= 0.3 is 0 Å². The van der Waals surface area contributed by atoms with E-state index in [4.69, 9.17) is 0 Å². The fraction of sp³-hybridized carbons (Fsp3) is 0.229. The summed E-state index contributed by atoms with van der Waals surface area (Å²) in [5.41, 5.74) is 3.50. The maximum absolute atomic E-state index is 14.6. The molecule has 0 saturated carbocycles. The third-order valence-corrected chi connectivity index (χ3v) is 9.01. The Labute approximate surface area is 281 Å². The Morgan fingerprint density at radius 1 is 0.646 bits per heavy atom. The van der Waals surface area contributed by atoms with Gasteiger partial charge in [-0.05, 0) is 83.6 Å². The molecule has 4 aromatic carbocycles. The van der Waals surface area contributed by atoms with Crippen LogP contribution in [0.1, 0.15) is 65.9 Å². The topological polar surface area (TPSA) is 150 Å². The first-order valence-electron chi connectivity index (χ1n) is 14.8. The van der Waals surface area contributed by atoms with Crippen molar-refractivity contribution >= 4 is 39.8 Å².